The van der Waals surface area contributed by atoms with E-state index in [4.69, 9.17) is 9.47 Å². The fourth-order valence-electron chi connectivity index (χ4n) is 2.61. The van der Waals surface area contributed by atoms with Gasteiger partial charge in [-0.05, 0) is 0 Å². The first-order chi connectivity index (χ1) is 11.4. The summed E-state index contributed by atoms with van der Waals surface area (Å²) in [5, 5.41) is 0. The topological polar surface area (TPSA) is 77.3 Å². The van der Waals surface area contributed by atoms with Crippen molar-refractivity contribution in [2.45, 2.75) is 40.2 Å². The van der Waals surface area contributed by atoms with Crippen molar-refractivity contribution in [3.63, 3.8) is 0 Å². The summed E-state index contributed by atoms with van der Waals surface area (Å²) in [6, 6.07) is 7.26. The first kappa shape index (κ1) is 16.4. The van der Waals surface area contributed by atoms with E-state index in [0.29, 0.717) is 11.4 Å². The average molecular weight is 328 g/mol. The molecule has 0 spiro atoms. The number of ether oxygens (including phenoxy) is 2. The molecule has 0 fully saturated rings. The van der Waals surface area contributed by atoms with E-state index in [9.17, 15) is 9.59 Å². The smallest absolute Gasteiger partial charge is 0.354 e. The zero-order valence-electron chi connectivity index (χ0n) is 14.1. The van der Waals surface area contributed by atoms with Crippen molar-refractivity contribution >= 4 is 23.4 Å². The monoisotopic (exact) mass is 328 g/mol. The standard InChI is InChI=1S/C18H20N2O4/c1-9(2)13-17(21)23-15(19-13)11-5-7-12(8-6-11)16-20-14(10(3)4)18(22)24-16/h5-10,15-16H,1-4H3. The Bertz CT molecular complexity index is 669. The van der Waals surface area contributed by atoms with Gasteiger partial charge >= 0.3 is 11.9 Å². The Kier molecular flexibility index (Phi) is 4.22. The summed E-state index contributed by atoms with van der Waals surface area (Å²) in [5.41, 5.74) is 2.47. The number of carbonyl (C=O) groups excluding carboxylic acids is 2. The Morgan fingerprint density at radius 2 is 1.08 bits per heavy atom. The van der Waals surface area contributed by atoms with Gasteiger partial charge in [0.15, 0.2) is 0 Å². The summed E-state index contributed by atoms with van der Waals surface area (Å²) < 4.78 is 10.6. The van der Waals surface area contributed by atoms with Gasteiger partial charge in [0.25, 0.3) is 0 Å². The maximum Gasteiger partial charge on any atom is 0.354 e. The molecule has 6 heteroatoms. The van der Waals surface area contributed by atoms with Crippen LogP contribution < -0.4 is 0 Å². The SMILES string of the molecule is CC(C)C1=NC(c2ccc(C3N=C(C(C)C)C(=O)O3)cc2)OC1=O. The van der Waals surface area contributed by atoms with Gasteiger partial charge in [-0.15, -0.1) is 0 Å². The highest BCUT2D eigenvalue weighted by atomic mass is 16.6. The quantitative estimate of drug-likeness (QED) is 0.796. The summed E-state index contributed by atoms with van der Waals surface area (Å²) in [6.45, 7) is 7.63. The second-order valence-corrected chi connectivity index (χ2v) is 6.52. The summed E-state index contributed by atoms with van der Waals surface area (Å²) >= 11 is 0. The van der Waals surface area contributed by atoms with Crippen LogP contribution in [0.25, 0.3) is 0 Å². The summed E-state index contributed by atoms with van der Waals surface area (Å²) in [6.07, 6.45) is -1.21. The fourth-order valence-corrected chi connectivity index (χ4v) is 2.61. The lowest BCUT2D eigenvalue weighted by Gasteiger charge is -2.10. The molecule has 0 radical (unpaired) electrons. The molecule has 2 heterocycles. The number of rotatable bonds is 4. The van der Waals surface area contributed by atoms with Crippen LogP contribution in [0, 0.1) is 11.8 Å². The van der Waals surface area contributed by atoms with Crippen LogP contribution in [0.3, 0.4) is 0 Å². The van der Waals surface area contributed by atoms with Gasteiger partial charge in [0.2, 0.25) is 12.5 Å². The lowest BCUT2D eigenvalue weighted by Crippen LogP contribution is -2.16. The molecule has 6 nitrogen and oxygen atoms in total. The second-order valence-electron chi connectivity index (χ2n) is 6.52. The molecule has 3 rings (SSSR count). The molecule has 2 unspecified atom stereocenters. The van der Waals surface area contributed by atoms with Gasteiger partial charge in [0, 0.05) is 23.0 Å². The minimum Gasteiger partial charge on any atom is -0.431 e. The zero-order chi connectivity index (χ0) is 17.4. The van der Waals surface area contributed by atoms with E-state index in [2.05, 4.69) is 9.98 Å². The highest BCUT2D eigenvalue weighted by Crippen LogP contribution is 2.30. The van der Waals surface area contributed by atoms with E-state index in [1.807, 2.05) is 52.0 Å². The third kappa shape index (κ3) is 2.96. The number of carbonyl (C=O) groups is 2. The van der Waals surface area contributed by atoms with Crippen LogP contribution in [0.15, 0.2) is 34.3 Å². The highest BCUT2D eigenvalue weighted by Gasteiger charge is 2.32. The van der Waals surface area contributed by atoms with Crippen molar-refractivity contribution in [3.05, 3.63) is 35.4 Å². The van der Waals surface area contributed by atoms with Gasteiger partial charge in [-0.1, -0.05) is 52.0 Å². The molecule has 2 aliphatic rings. The molecule has 0 bridgehead atoms. The number of hydrogen-bond acceptors (Lipinski definition) is 6. The minimum absolute atomic E-state index is 0.0310. The number of nitrogens with zero attached hydrogens (tertiary/aromatic N) is 2. The lowest BCUT2D eigenvalue weighted by atomic mass is 10.1. The van der Waals surface area contributed by atoms with E-state index < -0.39 is 12.5 Å². The van der Waals surface area contributed by atoms with Crippen LogP contribution in [0.4, 0.5) is 0 Å². The molecule has 0 aliphatic carbocycles. The minimum atomic E-state index is -0.607. The molecule has 0 amide bonds. The van der Waals surface area contributed by atoms with Gasteiger partial charge in [0.1, 0.15) is 11.4 Å². The second kappa shape index (κ2) is 6.19. The molecule has 0 saturated heterocycles. The van der Waals surface area contributed by atoms with Crippen molar-refractivity contribution in [1.82, 2.24) is 0 Å². The highest BCUT2D eigenvalue weighted by molar-refractivity contribution is 6.38. The molecule has 1 aromatic carbocycles. The molecule has 126 valence electrons. The van der Waals surface area contributed by atoms with Crippen molar-refractivity contribution in [1.29, 1.82) is 0 Å². The summed E-state index contributed by atoms with van der Waals surface area (Å²) in [4.78, 5) is 32.3. The predicted octanol–water partition coefficient (Wildman–Crippen LogP) is 2.99. The van der Waals surface area contributed by atoms with E-state index >= 15 is 0 Å². The van der Waals surface area contributed by atoms with Crippen LogP contribution in [0.2, 0.25) is 0 Å². The van der Waals surface area contributed by atoms with Crippen LogP contribution >= 0.6 is 0 Å². The largest absolute Gasteiger partial charge is 0.431 e. The molecular formula is C18H20N2O4. The Labute approximate surface area is 140 Å². The Morgan fingerprint density at radius 1 is 0.750 bits per heavy atom. The number of esters is 2. The van der Waals surface area contributed by atoms with E-state index in [-0.39, 0.29) is 23.8 Å². The first-order valence-electron chi connectivity index (χ1n) is 8.04. The lowest BCUT2D eigenvalue weighted by molar-refractivity contribution is -0.139. The third-order valence-electron chi connectivity index (χ3n) is 3.97. The maximum atomic E-state index is 11.8. The van der Waals surface area contributed by atoms with Gasteiger partial charge in [0.05, 0.1) is 0 Å². The normalized spacial score (nSPS) is 23.4. The number of benzene rings is 1. The molecule has 2 atom stereocenters. The predicted molar refractivity (Wildman–Crippen MR) is 88.7 cm³/mol. The molecule has 1 aromatic rings. The van der Waals surface area contributed by atoms with Crippen molar-refractivity contribution < 1.29 is 19.1 Å². The summed E-state index contributed by atoms with van der Waals surface area (Å²) in [7, 11) is 0. The molecule has 0 N–H and O–H groups in total. The van der Waals surface area contributed by atoms with E-state index in [1.54, 1.807) is 0 Å². The van der Waals surface area contributed by atoms with Crippen LogP contribution in [-0.2, 0) is 19.1 Å². The number of cyclic esters (lactones) is 2. The fraction of sp³-hybridized carbons (Fsp3) is 0.444. The van der Waals surface area contributed by atoms with Gasteiger partial charge in [-0.2, -0.15) is 0 Å². The molecule has 24 heavy (non-hydrogen) atoms. The van der Waals surface area contributed by atoms with Gasteiger partial charge in [-0.3, -0.25) is 0 Å². The number of hydrogen-bond donors (Lipinski definition) is 0. The Hall–Kier alpha value is -2.50. The summed E-state index contributed by atoms with van der Waals surface area (Å²) in [5.74, 6) is -0.670. The van der Waals surface area contributed by atoms with Crippen molar-refractivity contribution in [3.8, 4) is 0 Å². The maximum absolute atomic E-state index is 11.8. The van der Waals surface area contributed by atoms with Crippen molar-refractivity contribution in [2.24, 2.45) is 21.8 Å². The average Bonchev–Trinajstić information content (AvgIpc) is 3.11. The molecule has 0 saturated carbocycles. The number of aliphatic imine (C=N–C) groups is 2. The first-order valence-corrected chi connectivity index (χ1v) is 8.04. The molecular weight excluding hydrogens is 308 g/mol. The van der Waals surface area contributed by atoms with Crippen LogP contribution in [-0.4, -0.2) is 23.4 Å². The third-order valence-corrected chi connectivity index (χ3v) is 3.97. The van der Waals surface area contributed by atoms with Gasteiger partial charge < -0.3 is 9.47 Å². The van der Waals surface area contributed by atoms with Crippen LogP contribution in [0.5, 0.6) is 0 Å². The molecule has 2 aliphatic heterocycles. The van der Waals surface area contributed by atoms with Crippen LogP contribution in [0.1, 0.15) is 51.3 Å². The van der Waals surface area contributed by atoms with E-state index in [0.717, 1.165) is 11.1 Å². The van der Waals surface area contributed by atoms with Crippen molar-refractivity contribution in [2.75, 3.05) is 0 Å². The van der Waals surface area contributed by atoms with Gasteiger partial charge in [-0.25, -0.2) is 19.6 Å². The Balaban J connectivity index is 1.78. The Morgan fingerprint density at radius 3 is 1.33 bits per heavy atom. The molecule has 0 aromatic heterocycles. The van der Waals surface area contributed by atoms with E-state index in [1.165, 1.54) is 0 Å². The zero-order valence-corrected chi connectivity index (χ0v) is 14.1.